The van der Waals surface area contributed by atoms with Crippen LogP contribution in [-0.4, -0.2) is 14.2 Å². The summed E-state index contributed by atoms with van der Waals surface area (Å²) in [5.41, 5.74) is 3.36. The zero-order valence-corrected chi connectivity index (χ0v) is 12.4. The molecule has 1 aromatic carbocycles. The highest BCUT2D eigenvalue weighted by Crippen LogP contribution is 2.27. The lowest BCUT2D eigenvalue weighted by molar-refractivity contribution is 0.595. The molecule has 1 aromatic rings. The first kappa shape index (κ1) is 13.8. The first-order valence-electron chi connectivity index (χ1n) is 6.91. The van der Waals surface area contributed by atoms with Gasteiger partial charge in [0, 0.05) is 0 Å². The van der Waals surface area contributed by atoms with Gasteiger partial charge in [-0.2, -0.15) is 0 Å². The van der Waals surface area contributed by atoms with Gasteiger partial charge in [0.05, 0.1) is 10.6 Å². The lowest BCUT2D eigenvalue weighted by Crippen LogP contribution is -2.09. The number of aryl methyl sites for hydroxylation is 1. The van der Waals surface area contributed by atoms with E-state index in [2.05, 4.69) is 0 Å². The van der Waals surface area contributed by atoms with Gasteiger partial charge in [0.25, 0.3) is 0 Å². The highest BCUT2D eigenvalue weighted by molar-refractivity contribution is 7.91. The van der Waals surface area contributed by atoms with Crippen LogP contribution in [0.15, 0.2) is 77.7 Å². The second kappa shape index (κ2) is 5.70. The molecule has 0 spiro atoms. The molecule has 0 atom stereocenters. The Morgan fingerprint density at radius 2 is 1.38 bits per heavy atom. The van der Waals surface area contributed by atoms with Crippen LogP contribution >= 0.6 is 0 Å². The Labute approximate surface area is 125 Å². The molecule has 0 N–H and O–H groups in total. The second-order valence-corrected chi connectivity index (χ2v) is 7.13. The Hall–Kier alpha value is -2.13. The molecule has 2 aliphatic carbocycles. The fourth-order valence-electron chi connectivity index (χ4n) is 2.49. The quantitative estimate of drug-likeness (QED) is 0.733. The van der Waals surface area contributed by atoms with Gasteiger partial charge in [-0.05, 0) is 35.2 Å². The fourth-order valence-corrected chi connectivity index (χ4v) is 3.78. The Morgan fingerprint density at radius 3 is 2.14 bits per heavy atom. The number of rotatable bonds is 4. The minimum Gasteiger partial charge on any atom is -0.224 e. The molecule has 0 aliphatic heterocycles. The molecular weight excluding hydrogens is 280 g/mol. The van der Waals surface area contributed by atoms with Crippen molar-refractivity contribution in [1.82, 2.24) is 0 Å². The maximum atomic E-state index is 12.3. The van der Waals surface area contributed by atoms with Crippen LogP contribution in [0.5, 0.6) is 0 Å². The topological polar surface area (TPSA) is 34.1 Å². The molecule has 0 bridgehead atoms. The summed E-state index contributed by atoms with van der Waals surface area (Å²) in [4.78, 5) is 0.395. The minimum absolute atomic E-state index is 0.134. The van der Waals surface area contributed by atoms with Gasteiger partial charge in [0.2, 0.25) is 0 Å². The normalized spacial score (nSPS) is 11.6. The zero-order chi connectivity index (χ0) is 14.7. The van der Waals surface area contributed by atoms with Crippen molar-refractivity contribution in [2.24, 2.45) is 0 Å². The largest absolute Gasteiger partial charge is 0.224 e. The van der Waals surface area contributed by atoms with Crippen LogP contribution in [0.3, 0.4) is 0 Å². The van der Waals surface area contributed by atoms with Gasteiger partial charge in [0.15, 0.2) is 9.84 Å². The number of fused-ring (bicyclic) bond motifs is 1. The van der Waals surface area contributed by atoms with Crippen LogP contribution in [0, 0.1) is 0 Å². The van der Waals surface area contributed by atoms with Crippen molar-refractivity contribution in [2.75, 3.05) is 5.75 Å². The van der Waals surface area contributed by atoms with Gasteiger partial charge in [-0.1, -0.05) is 60.7 Å². The highest BCUT2D eigenvalue weighted by Gasteiger charge is 2.16. The van der Waals surface area contributed by atoms with Crippen molar-refractivity contribution in [1.29, 1.82) is 0 Å². The number of sulfone groups is 1. The molecule has 0 heterocycles. The van der Waals surface area contributed by atoms with Crippen LogP contribution in [0.2, 0.25) is 0 Å². The predicted octanol–water partition coefficient (Wildman–Crippen LogP) is 3.81. The fraction of sp³-hybridized carbons (Fsp3) is 0.111. The van der Waals surface area contributed by atoms with Crippen LogP contribution in [0.25, 0.3) is 11.1 Å². The number of hydrogen-bond donors (Lipinski definition) is 0. The van der Waals surface area contributed by atoms with E-state index in [1.807, 2.05) is 48.5 Å². The molecule has 3 rings (SSSR count). The molecule has 0 saturated heterocycles. The summed E-state index contributed by atoms with van der Waals surface area (Å²) in [7, 11) is -3.22. The first-order valence-corrected chi connectivity index (χ1v) is 8.56. The second-order valence-electron chi connectivity index (χ2n) is 5.02. The highest BCUT2D eigenvalue weighted by atomic mass is 32.2. The molecule has 3 heteroatoms. The van der Waals surface area contributed by atoms with E-state index in [9.17, 15) is 8.42 Å². The van der Waals surface area contributed by atoms with Crippen molar-refractivity contribution in [3.63, 3.8) is 0 Å². The lowest BCUT2D eigenvalue weighted by atomic mass is 10.1. The summed E-state index contributed by atoms with van der Waals surface area (Å²) in [6.45, 7) is 0. The van der Waals surface area contributed by atoms with Gasteiger partial charge in [-0.3, -0.25) is 0 Å². The Bertz CT molecular complexity index is 808. The van der Waals surface area contributed by atoms with Crippen molar-refractivity contribution >= 4 is 9.84 Å². The summed E-state index contributed by atoms with van der Waals surface area (Å²) in [5.74, 6) is 0.134. The van der Waals surface area contributed by atoms with Gasteiger partial charge in [0.1, 0.15) is 0 Å². The average molecular weight is 296 g/mol. The van der Waals surface area contributed by atoms with Crippen molar-refractivity contribution in [2.45, 2.75) is 11.3 Å². The molecule has 106 valence electrons. The van der Waals surface area contributed by atoms with Gasteiger partial charge >= 0.3 is 0 Å². The van der Waals surface area contributed by atoms with E-state index < -0.39 is 9.84 Å². The molecular formula is C18H16O2S. The van der Waals surface area contributed by atoms with Crippen molar-refractivity contribution in [3.05, 3.63) is 78.4 Å². The van der Waals surface area contributed by atoms with Crippen molar-refractivity contribution < 1.29 is 8.42 Å². The van der Waals surface area contributed by atoms with E-state index >= 15 is 0 Å². The van der Waals surface area contributed by atoms with Gasteiger partial charge in [-0.25, -0.2) is 8.42 Å². The third-order valence-electron chi connectivity index (χ3n) is 3.62. The monoisotopic (exact) mass is 296 g/mol. The maximum absolute atomic E-state index is 12.3. The molecule has 0 fully saturated rings. The Balaban J connectivity index is 1.82. The molecule has 0 amide bonds. The molecule has 21 heavy (non-hydrogen) atoms. The Kier molecular flexibility index (Phi) is 3.76. The molecule has 0 unspecified atom stereocenters. The molecule has 0 aromatic heterocycles. The summed E-state index contributed by atoms with van der Waals surface area (Å²) in [5, 5.41) is 0. The third-order valence-corrected chi connectivity index (χ3v) is 5.36. The smallest absolute Gasteiger partial charge is 0.178 e. The van der Waals surface area contributed by atoms with Crippen LogP contribution in [0.4, 0.5) is 0 Å². The van der Waals surface area contributed by atoms with Crippen LogP contribution < -0.4 is 0 Å². The lowest BCUT2D eigenvalue weighted by Gasteiger charge is -2.05. The van der Waals surface area contributed by atoms with E-state index in [4.69, 9.17) is 0 Å². The molecule has 2 nitrogen and oxygen atoms in total. The van der Waals surface area contributed by atoms with E-state index in [0.29, 0.717) is 11.3 Å². The first-order chi connectivity index (χ1) is 10.2. The Morgan fingerprint density at radius 1 is 0.714 bits per heavy atom. The van der Waals surface area contributed by atoms with E-state index in [1.165, 1.54) is 0 Å². The van der Waals surface area contributed by atoms with Gasteiger partial charge < -0.3 is 0 Å². The summed E-state index contributed by atoms with van der Waals surface area (Å²) in [6, 6.07) is 22.7. The standard InChI is InChI=1S/C18H16O2S/c19-21(20,17-8-4-2-5-9-17)14-13-16-12-11-15-7-3-1-6-10-18(15)16/h1-12H,13-14H2. The van der Waals surface area contributed by atoms with Crippen LogP contribution in [0.1, 0.15) is 5.56 Å². The average Bonchev–Trinajstić information content (AvgIpc) is 2.73. The van der Waals surface area contributed by atoms with E-state index in [1.54, 1.807) is 24.3 Å². The van der Waals surface area contributed by atoms with Crippen molar-refractivity contribution in [3.8, 4) is 11.1 Å². The third kappa shape index (κ3) is 2.98. The SMILES string of the molecule is O=S(=O)(CCc1ccc2cccccc1-2)c1ccccc1. The number of benzene rings is 1. The molecule has 0 radical (unpaired) electrons. The summed E-state index contributed by atoms with van der Waals surface area (Å²) < 4.78 is 24.7. The van der Waals surface area contributed by atoms with E-state index in [0.717, 1.165) is 16.7 Å². The zero-order valence-electron chi connectivity index (χ0n) is 11.6. The van der Waals surface area contributed by atoms with Crippen LogP contribution in [-0.2, 0) is 16.3 Å². The molecule has 2 aliphatic rings. The molecule has 0 saturated carbocycles. The predicted molar refractivity (Wildman–Crippen MR) is 85.3 cm³/mol. The summed E-state index contributed by atoms with van der Waals surface area (Å²) >= 11 is 0. The van der Waals surface area contributed by atoms with E-state index in [-0.39, 0.29) is 5.75 Å². The maximum Gasteiger partial charge on any atom is 0.178 e. The summed E-state index contributed by atoms with van der Waals surface area (Å²) in [6.07, 6.45) is 0.532. The van der Waals surface area contributed by atoms with Gasteiger partial charge in [-0.15, -0.1) is 0 Å². The minimum atomic E-state index is -3.22. The number of hydrogen-bond acceptors (Lipinski definition) is 2.